The monoisotopic (exact) mass is 946 g/mol. The van der Waals surface area contributed by atoms with Crippen molar-refractivity contribution in [3.8, 4) is 0 Å². The predicted octanol–water partition coefficient (Wildman–Crippen LogP) is -9.86. The topological polar surface area (TPSA) is 440 Å². The largest absolute Gasteiger partial charge is 0.477 e. The molecular formula is C35H58N6O22S. The van der Waals surface area contributed by atoms with Crippen molar-refractivity contribution in [1.29, 1.82) is 0 Å². The number of aliphatic hydroxyl groups is 9. The number of ether oxygens (including phenoxy) is 5. The first-order chi connectivity index (χ1) is 30.0. The maximum atomic E-state index is 13.3. The Kier molecular flexibility index (Phi) is 20.9. The van der Waals surface area contributed by atoms with Crippen LogP contribution >= 0.6 is 11.8 Å². The molecule has 0 aliphatic carbocycles. The molecule has 0 bridgehead atoms. The third kappa shape index (κ3) is 14.3. The molecule has 16 N–H and O–H groups in total. The van der Waals surface area contributed by atoms with E-state index in [0.717, 1.165) is 20.8 Å². The van der Waals surface area contributed by atoms with Gasteiger partial charge in [-0.2, -0.15) is 0 Å². The molecule has 17 atom stereocenters. The van der Waals surface area contributed by atoms with Crippen molar-refractivity contribution in [1.82, 2.24) is 31.9 Å². The number of aliphatic carboxylic acids is 1. The highest BCUT2D eigenvalue weighted by molar-refractivity contribution is 7.99. The smallest absolute Gasteiger partial charge is 0.364 e. The Bertz CT molecular complexity index is 1640. The van der Waals surface area contributed by atoms with Crippen LogP contribution in [0.3, 0.4) is 0 Å². The van der Waals surface area contributed by atoms with Crippen molar-refractivity contribution in [2.45, 2.75) is 130 Å². The second kappa shape index (κ2) is 24.6. The van der Waals surface area contributed by atoms with Crippen LogP contribution in [0.2, 0.25) is 0 Å². The number of hydrogen-bond acceptors (Lipinski definition) is 22. The van der Waals surface area contributed by atoms with Gasteiger partial charge in [0.25, 0.3) is 5.79 Å². The number of hydrogen-bond donors (Lipinski definition) is 16. The lowest BCUT2D eigenvalue weighted by atomic mass is 9.88. The molecule has 3 aliphatic heterocycles. The van der Waals surface area contributed by atoms with Crippen LogP contribution in [0.1, 0.15) is 27.2 Å². The molecule has 0 radical (unpaired) electrons. The Morgan fingerprint density at radius 2 is 1.42 bits per heavy atom. The fraction of sp³-hybridized carbons (Fsp3) is 0.800. The maximum absolute atomic E-state index is 13.3. The first-order valence-corrected chi connectivity index (χ1v) is 20.7. The second-order valence-electron chi connectivity index (χ2n) is 15.0. The molecule has 28 nitrogen and oxygen atoms in total. The van der Waals surface area contributed by atoms with Crippen molar-refractivity contribution in [2.75, 3.05) is 45.7 Å². The Hall–Kier alpha value is -3.92. The molecule has 0 saturated carbocycles. The second-order valence-corrected chi connectivity index (χ2v) is 16.1. The first kappa shape index (κ1) is 54.4. The highest BCUT2D eigenvalue weighted by atomic mass is 32.2. The van der Waals surface area contributed by atoms with Crippen LogP contribution in [0.15, 0.2) is 0 Å². The first-order valence-electron chi connectivity index (χ1n) is 19.7. The van der Waals surface area contributed by atoms with Gasteiger partial charge in [0.15, 0.2) is 6.29 Å². The van der Waals surface area contributed by atoms with Crippen LogP contribution in [-0.2, 0) is 57.2 Å². The van der Waals surface area contributed by atoms with E-state index in [0.29, 0.717) is 11.8 Å². The van der Waals surface area contributed by atoms with Gasteiger partial charge in [-0.1, -0.05) is 0 Å². The number of nitrogens with one attached hydrogen (secondary N) is 6. The molecule has 64 heavy (non-hydrogen) atoms. The zero-order valence-corrected chi connectivity index (χ0v) is 35.8. The van der Waals surface area contributed by atoms with Crippen molar-refractivity contribution in [3.05, 3.63) is 0 Å². The van der Waals surface area contributed by atoms with Gasteiger partial charge in [-0.15, -0.1) is 11.8 Å². The SMILES string of the molecule is CNC(=O)CNC(=O)[C@H](CS[C@H]1O[C@H](CO[C@]2(C(=O)O)C[C@H](O)[C@@H](NC(C)=O)[C@H]([C@H](O)[C@H](O)CO)O2)[C@H](O)[C@H](O[C@@H]2O[C@H](CO)[C@H](O)[C@H](O)[C@H]2O)[C@H]1NC(C)=O)NC(=O)CNC(C)=O. The van der Waals surface area contributed by atoms with Gasteiger partial charge in [0.1, 0.15) is 72.5 Å². The normalized spacial score (nSPS) is 34.2. The van der Waals surface area contributed by atoms with Gasteiger partial charge in [0.05, 0.1) is 51.1 Å². The average Bonchev–Trinajstić information content (AvgIpc) is 3.24. The lowest BCUT2D eigenvalue weighted by Gasteiger charge is -2.49. The standard InChI is InChI=1S/C35H58N6O22S/c1-12(44)37-7-21(50)41-15(31(56)38-6-20(49)36-4)11-64-33-23(40-14(3)46)29(62-32-28(55)27(54)25(52)18(9-43)60-32)26(53)19(61-33)10-59-35(34(57)58)5-16(47)22(39-13(2)45)30(63-35)24(51)17(48)8-42/h15-19,22-30,32-33,42-43,47-48,51-55H,5-11H2,1-4H3,(H,36,49)(H,37,44)(H,38,56)(H,39,45)(H,40,46)(H,41,50)(H,57,58)/t15-,16-,17+,18+,19+,22+,23+,24+,25-,26-,27-,28+,29+,30+,32-,33+,35+/m0/s1. The highest BCUT2D eigenvalue weighted by Gasteiger charge is 2.57. The van der Waals surface area contributed by atoms with Gasteiger partial charge in [-0.05, 0) is 0 Å². The summed E-state index contributed by atoms with van der Waals surface area (Å²) in [7, 11) is 1.30. The highest BCUT2D eigenvalue weighted by Crippen LogP contribution is 2.37. The van der Waals surface area contributed by atoms with E-state index in [9.17, 15) is 84.6 Å². The van der Waals surface area contributed by atoms with Crippen LogP contribution in [0.4, 0.5) is 0 Å². The summed E-state index contributed by atoms with van der Waals surface area (Å²) in [6, 6.07) is -4.65. The Labute approximate surface area is 368 Å². The minimum atomic E-state index is -2.96. The number of carbonyl (C=O) groups excluding carboxylic acids is 6. The average molecular weight is 947 g/mol. The molecule has 3 rings (SSSR count). The number of carbonyl (C=O) groups is 7. The van der Waals surface area contributed by atoms with Crippen LogP contribution in [0.25, 0.3) is 0 Å². The van der Waals surface area contributed by atoms with Crippen LogP contribution in [-0.4, -0.2) is 241 Å². The Morgan fingerprint density at radius 3 is 1.98 bits per heavy atom. The zero-order valence-electron chi connectivity index (χ0n) is 35.0. The number of amides is 6. The van der Waals surface area contributed by atoms with E-state index in [2.05, 4.69) is 31.9 Å². The summed E-state index contributed by atoms with van der Waals surface area (Å²) in [5, 5.41) is 119. The lowest BCUT2D eigenvalue weighted by Crippen LogP contribution is -2.69. The number of aliphatic hydroxyl groups excluding tert-OH is 9. The van der Waals surface area contributed by atoms with E-state index in [1.165, 1.54) is 7.05 Å². The Balaban J connectivity index is 2.07. The molecule has 0 unspecified atom stereocenters. The molecular weight excluding hydrogens is 888 g/mol. The number of rotatable bonds is 21. The summed E-state index contributed by atoms with van der Waals surface area (Å²) in [4.78, 5) is 87.0. The molecule has 3 heterocycles. The quantitative estimate of drug-likeness (QED) is 0.0508. The number of thioether (sulfide) groups is 1. The minimum absolute atomic E-state index is 0.478. The lowest BCUT2D eigenvalue weighted by molar-refractivity contribution is -0.338. The molecule has 6 amide bonds. The van der Waals surface area contributed by atoms with Crippen molar-refractivity contribution in [3.63, 3.8) is 0 Å². The van der Waals surface area contributed by atoms with E-state index >= 15 is 0 Å². The van der Waals surface area contributed by atoms with E-state index < -0.39 is 189 Å². The zero-order chi connectivity index (χ0) is 48.2. The Morgan fingerprint density at radius 1 is 0.797 bits per heavy atom. The van der Waals surface area contributed by atoms with Crippen LogP contribution in [0.5, 0.6) is 0 Å². The summed E-state index contributed by atoms with van der Waals surface area (Å²) in [6.45, 7) is -0.953. The summed E-state index contributed by atoms with van der Waals surface area (Å²) in [5.74, 6) is -9.94. The molecule has 366 valence electrons. The summed E-state index contributed by atoms with van der Waals surface area (Å²) < 4.78 is 28.9. The van der Waals surface area contributed by atoms with Gasteiger partial charge in [0.2, 0.25) is 35.4 Å². The molecule has 3 aliphatic rings. The molecule has 0 aromatic carbocycles. The molecule has 29 heteroatoms. The third-order valence-electron chi connectivity index (χ3n) is 10.1. The van der Waals surface area contributed by atoms with Crippen LogP contribution < -0.4 is 31.9 Å². The molecule has 3 fully saturated rings. The molecule has 0 aromatic heterocycles. The van der Waals surface area contributed by atoms with Crippen molar-refractivity contribution < 1.29 is 108 Å². The summed E-state index contributed by atoms with van der Waals surface area (Å²) >= 11 is 0.660. The van der Waals surface area contributed by atoms with E-state index in [4.69, 9.17) is 23.7 Å². The van der Waals surface area contributed by atoms with Gasteiger partial charge in [-0.25, -0.2) is 4.79 Å². The number of carboxylic acids is 1. The van der Waals surface area contributed by atoms with Crippen LogP contribution in [0, 0.1) is 0 Å². The van der Waals surface area contributed by atoms with Crippen molar-refractivity contribution in [2.24, 2.45) is 0 Å². The fourth-order valence-electron chi connectivity index (χ4n) is 6.78. The minimum Gasteiger partial charge on any atom is -0.477 e. The van der Waals surface area contributed by atoms with E-state index in [1.54, 1.807) is 0 Å². The van der Waals surface area contributed by atoms with Crippen molar-refractivity contribution >= 4 is 53.2 Å². The van der Waals surface area contributed by atoms with Gasteiger partial charge in [-0.3, -0.25) is 28.8 Å². The predicted molar refractivity (Wildman–Crippen MR) is 210 cm³/mol. The third-order valence-corrected chi connectivity index (χ3v) is 11.4. The number of carboxylic acid groups (broad SMARTS) is 1. The van der Waals surface area contributed by atoms with Gasteiger partial charge < -0.3 is 107 Å². The molecule has 0 spiro atoms. The maximum Gasteiger partial charge on any atom is 0.364 e. The van der Waals surface area contributed by atoms with Gasteiger partial charge >= 0.3 is 5.97 Å². The molecule has 0 aromatic rings. The van der Waals surface area contributed by atoms with E-state index in [1.807, 2.05) is 0 Å². The fourth-order valence-corrected chi connectivity index (χ4v) is 8.05. The number of likely N-dealkylation sites (N-methyl/N-ethyl adjacent to an activating group) is 1. The summed E-state index contributed by atoms with van der Waals surface area (Å²) in [5.41, 5.74) is -1.53. The van der Waals surface area contributed by atoms with E-state index in [-0.39, 0.29) is 0 Å². The van der Waals surface area contributed by atoms with Gasteiger partial charge in [0, 0.05) is 40.0 Å². The summed E-state index contributed by atoms with van der Waals surface area (Å²) in [6.07, 6.45) is -24.1. The molecule has 3 saturated heterocycles.